The predicted octanol–water partition coefficient (Wildman–Crippen LogP) is -0.182. The maximum Gasteiger partial charge on any atom is 0.163 e. The molecular weight excluding hydrogens is 178 g/mol. The molecule has 5 heteroatoms. The third kappa shape index (κ3) is 2.47. The van der Waals surface area contributed by atoms with Gasteiger partial charge >= 0.3 is 0 Å². The number of aryl methyl sites for hydroxylation is 1. The fourth-order valence-corrected chi connectivity index (χ4v) is 1.36. The van der Waals surface area contributed by atoms with E-state index >= 15 is 0 Å². The van der Waals surface area contributed by atoms with Gasteiger partial charge in [-0.2, -0.15) is 10.4 Å². The summed E-state index contributed by atoms with van der Waals surface area (Å²) in [6.07, 6.45) is 4.15. The van der Waals surface area contributed by atoms with Gasteiger partial charge in [0.1, 0.15) is 11.6 Å². The first-order chi connectivity index (χ1) is 6.79. The van der Waals surface area contributed by atoms with Crippen LogP contribution in [0, 0.1) is 11.3 Å². The lowest BCUT2D eigenvalue weighted by Gasteiger charge is -1.96. The molecule has 1 aromatic rings. The van der Waals surface area contributed by atoms with E-state index in [-0.39, 0.29) is 0 Å². The molecular formula is C9H16N5+. The average molecular weight is 194 g/mol. The van der Waals surface area contributed by atoms with Gasteiger partial charge in [-0.3, -0.25) is 5.10 Å². The Bertz CT molecular complexity index is 322. The van der Waals surface area contributed by atoms with Gasteiger partial charge in [0.2, 0.25) is 0 Å². The number of rotatable bonds is 5. The summed E-state index contributed by atoms with van der Waals surface area (Å²) < 4.78 is 0. The lowest BCUT2D eigenvalue weighted by molar-refractivity contribution is -0.368. The highest BCUT2D eigenvalue weighted by Gasteiger charge is 2.08. The molecule has 0 saturated heterocycles. The molecule has 6 N–H and O–H groups in total. The lowest BCUT2D eigenvalue weighted by Crippen LogP contribution is -2.50. The van der Waals surface area contributed by atoms with E-state index in [1.54, 1.807) is 0 Å². The third-order valence-electron chi connectivity index (χ3n) is 2.16. The second-order valence-corrected chi connectivity index (χ2v) is 3.24. The van der Waals surface area contributed by atoms with Crippen molar-refractivity contribution in [2.75, 3.05) is 12.3 Å². The molecule has 0 aliphatic heterocycles. The maximum absolute atomic E-state index is 8.79. The highest BCUT2D eigenvalue weighted by molar-refractivity contribution is 5.50. The molecule has 14 heavy (non-hydrogen) atoms. The zero-order valence-corrected chi connectivity index (χ0v) is 8.21. The number of nitrogens with two attached hydrogens (primary N) is 1. The van der Waals surface area contributed by atoms with Gasteiger partial charge in [0.15, 0.2) is 5.82 Å². The van der Waals surface area contributed by atoms with Gasteiger partial charge in [0.05, 0.1) is 12.2 Å². The van der Waals surface area contributed by atoms with Crippen LogP contribution in [0.5, 0.6) is 0 Å². The van der Waals surface area contributed by atoms with Gasteiger partial charge in [-0.15, -0.1) is 0 Å². The molecule has 0 fully saturated rings. The Kier molecular flexibility index (Phi) is 3.95. The molecule has 1 heterocycles. The van der Waals surface area contributed by atoms with Crippen molar-refractivity contribution in [1.82, 2.24) is 10.2 Å². The van der Waals surface area contributed by atoms with E-state index in [0.29, 0.717) is 11.4 Å². The van der Waals surface area contributed by atoms with E-state index in [1.807, 2.05) is 0 Å². The molecule has 76 valence electrons. The quantitative estimate of drug-likeness (QED) is 0.566. The molecule has 0 radical (unpaired) electrons. The van der Waals surface area contributed by atoms with Crippen LogP contribution in [0.4, 0.5) is 5.82 Å². The highest BCUT2D eigenvalue weighted by Crippen LogP contribution is 2.14. The molecule has 0 aromatic carbocycles. The second-order valence-electron chi connectivity index (χ2n) is 3.24. The van der Waals surface area contributed by atoms with Gasteiger partial charge in [-0.05, 0) is 25.7 Å². The molecule has 5 nitrogen and oxygen atoms in total. The SMILES string of the molecule is N#Cc1c(N)n[nH]c1CCCCC[NH3+]. The van der Waals surface area contributed by atoms with E-state index in [2.05, 4.69) is 22.0 Å². The van der Waals surface area contributed by atoms with Crippen molar-refractivity contribution in [3.8, 4) is 6.07 Å². The van der Waals surface area contributed by atoms with Gasteiger partial charge in [0.25, 0.3) is 0 Å². The van der Waals surface area contributed by atoms with Gasteiger partial charge in [-0.25, -0.2) is 0 Å². The summed E-state index contributed by atoms with van der Waals surface area (Å²) in [6.45, 7) is 0.968. The standard InChI is InChI=1S/C9H15N5/c10-5-3-1-2-4-8-7(6-11)9(12)14-13-8/h1-5,10H2,(H3,12,13,14)/p+1. The maximum atomic E-state index is 8.79. The molecule has 0 bridgehead atoms. The third-order valence-corrected chi connectivity index (χ3v) is 2.16. The number of hydrogen-bond acceptors (Lipinski definition) is 3. The number of aromatic amines is 1. The zero-order chi connectivity index (χ0) is 10.4. The van der Waals surface area contributed by atoms with Crippen molar-refractivity contribution < 1.29 is 5.73 Å². The van der Waals surface area contributed by atoms with Crippen molar-refractivity contribution in [2.24, 2.45) is 0 Å². The largest absolute Gasteiger partial charge is 0.381 e. The summed E-state index contributed by atoms with van der Waals surface area (Å²) in [7, 11) is 0. The van der Waals surface area contributed by atoms with Crippen molar-refractivity contribution >= 4 is 5.82 Å². The fourth-order valence-electron chi connectivity index (χ4n) is 1.36. The summed E-state index contributed by atoms with van der Waals surface area (Å²) in [5.74, 6) is 0.305. The van der Waals surface area contributed by atoms with Crippen LogP contribution in [-0.4, -0.2) is 16.7 Å². The molecule has 0 atom stereocenters. The van der Waals surface area contributed by atoms with E-state index in [1.165, 1.54) is 0 Å². The smallest absolute Gasteiger partial charge is 0.163 e. The van der Waals surface area contributed by atoms with E-state index in [4.69, 9.17) is 11.0 Å². The molecule has 0 amide bonds. The van der Waals surface area contributed by atoms with Crippen LogP contribution in [0.15, 0.2) is 0 Å². The molecule has 0 saturated carbocycles. The first kappa shape index (κ1) is 10.5. The molecule has 0 aliphatic rings. The highest BCUT2D eigenvalue weighted by atomic mass is 15.2. The van der Waals surface area contributed by atoms with E-state index in [0.717, 1.165) is 37.9 Å². The topological polar surface area (TPSA) is 106 Å². The number of nitrogens with one attached hydrogen (secondary N) is 1. The average Bonchev–Trinajstić information content (AvgIpc) is 2.54. The zero-order valence-electron chi connectivity index (χ0n) is 8.21. The summed E-state index contributed by atoms with van der Waals surface area (Å²) in [5.41, 5.74) is 10.6. The van der Waals surface area contributed by atoms with Crippen LogP contribution in [-0.2, 0) is 6.42 Å². The summed E-state index contributed by atoms with van der Waals surface area (Å²) in [4.78, 5) is 0. The van der Waals surface area contributed by atoms with Crippen molar-refractivity contribution in [1.29, 1.82) is 5.26 Å². The number of hydrogen-bond donors (Lipinski definition) is 3. The summed E-state index contributed by atoms with van der Waals surface area (Å²) in [6, 6.07) is 2.05. The number of anilines is 1. The Morgan fingerprint density at radius 1 is 1.43 bits per heavy atom. The minimum absolute atomic E-state index is 0.305. The first-order valence-electron chi connectivity index (χ1n) is 4.81. The van der Waals surface area contributed by atoms with Crippen LogP contribution in [0.25, 0.3) is 0 Å². The normalized spacial score (nSPS) is 10.0. The summed E-state index contributed by atoms with van der Waals surface area (Å²) in [5, 5.41) is 15.4. The Morgan fingerprint density at radius 3 is 2.86 bits per heavy atom. The molecule has 0 unspecified atom stereocenters. The number of H-pyrrole nitrogens is 1. The van der Waals surface area contributed by atoms with Crippen molar-refractivity contribution in [3.63, 3.8) is 0 Å². The number of quaternary nitrogens is 1. The molecule has 1 aromatic heterocycles. The number of unbranched alkanes of at least 4 members (excludes halogenated alkanes) is 2. The Balaban J connectivity index is 2.47. The van der Waals surface area contributed by atoms with Gasteiger partial charge in [-0.1, -0.05) is 0 Å². The second kappa shape index (κ2) is 5.25. The van der Waals surface area contributed by atoms with Crippen molar-refractivity contribution in [2.45, 2.75) is 25.7 Å². The Labute approximate surface area is 83.1 Å². The predicted molar refractivity (Wildman–Crippen MR) is 53.0 cm³/mol. The van der Waals surface area contributed by atoms with E-state index in [9.17, 15) is 0 Å². The van der Waals surface area contributed by atoms with Gasteiger partial charge < -0.3 is 11.5 Å². The van der Waals surface area contributed by atoms with Crippen molar-refractivity contribution in [3.05, 3.63) is 11.3 Å². The molecule has 1 rings (SSSR count). The number of nitriles is 1. The molecule has 0 aliphatic carbocycles. The number of aromatic nitrogens is 2. The van der Waals surface area contributed by atoms with Crippen LogP contribution >= 0.6 is 0 Å². The van der Waals surface area contributed by atoms with Gasteiger partial charge in [0, 0.05) is 0 Å². The minimum atomic E-state index is 0.305. The minimum Gasteiger partial charge on any atom is -0.381 e. The lowest BCUT2D eigenvalue weighted by atomic mass is 10.1. The molecule has 0 spiro atoms. The monoisotopic (exact) mass is 194 g/mol. The van der Waals surface area contributed by atoms with Crippen LogP contribution in [0.3, 0.4) is 0 Å². The van der Waals surface area contributed by atoms with Crippen LogP contribution in [0.2, 0.25) is 0 Å². The number of nitrogens with zero attached hydrogens (tertiary/aromatic N) is 2. The first-order valence-corrected chi connectivity index (χ1v) is 4.81. The number of nitrogen functional groups attached to an aromatic ring is 1. The van der Waals surface area contributed by atoms with E-state index < -0.39 is 0 Å². The summed E-state index contributed by atoms with van der Waals surface area (Å²) >= 11 is 0. The Morgan fingerprint density at radius 2 is 2.21 bits per heavy atom. The van der Waals surface area contributed by atoms with Crippen LogP contribution in [0.1, 0.15) is 30.5 Å². The van der Waals surface area contributed by atoms with Crippen LogP contribution < -0.4 is 11.5 Å². The fraction of sp³-hybridized carbons (Fsp3) is 0.556. The Hall–Kier alpha value is -1.54.